The number of esters is 1. The number of aryl methyl sites for hydroxylation is 2. The number of fused-ring (bicyclic) bond motifs is 1. The quantitative estimate of drug-likeness (QED) is 0.622. The minimum atomic E-state index is -0.522. The van der Waals surface area contributed by atoms with Crippen molar-refractivity contribution in [2.45, 2.75) is 27.2 Å². The molecule has 0 atom stereocenters. The molecule has 3 aromatic rings. The molecule has 2 heterocycles. The van der Waals surface area contributed by atoms with Crippen molar-refractivity contribution in [2.24, 2.45) is 5.73 Å². The molecule has 6 nitrogen and oxygen atoms in total. The van der Waals surface area contributed by atoms with Gasteiger partial charge in [0, 0.05) is 15.7 Å². The van der Waals surface area contributed by atoms with Gasteiger partial charge in [-0.1, -0.05) is 13.0 Å². The normalized spacial score (nSPS) is 11.0. The van der Waals surface area contributed by atoms with Crippen LogP contribution >= 0.6 is 15.9 Å². The zero-order valence-electron chi connectivity index (χ0n) is 15.4. The number of halogens is 1. The first-order valence-electron chi connectivity index (χ1n) is 8.67. The Bertz CT molecular complexity index is 1060. The lowest BCUT2D eigenvalue weighted by Gasteiger charge is -2.15. The summed E-state index contributed by atoms with van der Waals surface area (Å²) in [4.78, 5) is 24.2. The van der Waals surface area contributed by atoms with Gasteiger partial charge in [0.15, 0.2) is 0 Å². The average Bonchev–Trinajstić information content (AvgIpc) is 3.02. The highest BCUT2D eigenvalue weighted by atomic mass is 79.9. The van der Waals surface area contributed by atoms with Crippen LogP contribution in [0.2, 0.25) is 0 Å². The van der Waals surface area contributed by atoms with E-state index in [1.807, 2.05) is 16.6 Å². The molecule has 0 spiro atoms. The number of hydrogen-bond donors (Lipinski definition) is 1. The van der Waals surface area contributed by atoms with Crippen molar-refractivity contribution >= 4 is 33.3 Å². The molecular formula is C20H20BrN3O3. The number of amides is 1. The summed E-state index contributed by atoms with van der Waals surface area (Å²) in [6.45, 7) is 5.88. The summed E-state index contributed by atoms with van der Waals surface area (Å²) < 4.78 is 7.69. The number of hydrogen-bond acceptors (Lipinski definition) is 4. The standard InChI is InChI=1S/C20H20BrN3O3/c1-4-13-7-9-16-18(12-6-8-14(19(22)25)15(21)10-12)17(20(26)27-5-2)11(3)23-24(13)16/h6-10H,4-5H2,1-3H3,(H2,22,25). The topological polar surface area (TPSA) is 86.7 Å². The van der Waals surface area contributed by atoms with Gasteiger partial charge in [0.25, 0.3) is 0 Å². The third-order valence-corrected chi connectivity index (χ3v) is 5.07. The highest BCUT2D eigenvalue weighted by Crippen LogP contribution is 2.34. The van der Waals surface area contributed by atoms with Crippen molar-refractivity contribution in [3.63, 3.8) is 0 Å². The van der Waals surface area contributed by atoms with Crippen molar-refractivity contribution < 1.29 is 14.3 Å². The van der Waals surface area contributed by atoms with Gasteiger partial charge >= 0.3 is 5.97 Å². The summed E-state index contributed by atoms with van der Waals surface area (Å²) in [7, 11) is 0. The molecule has 0 aliphatic carbocycles. The highest BCUT2D eigenvalue weighted by Gasteiger charge is 2.23. The zero-order valence-corrected chi connectivity index (χ0v) is 17.0. The number of carbonyl (C=O) groups is 2. The van der Waals surface area contributed by atoms with Crippen LogP contribution in [0.25, 0.3) is 16.6 Å². The Labute approximate surface area is 165 Å². The fourth-order valence-electron chi connectivity index (χ4n) is 3.17. The maximum absolute atomic E-state index is 12.7. The van der Waals surface area contributed by atoms with Crippen LogP contribution < -0.4 is 5.73 Å². The second kappa shape index (κ2) is 7.52. The van der Waals surface area contributed by atoms with Gasteiger partial charge in [-0.05, 0) is 66.0 Å². The molecule has 0 bridgehead atoms. The van der Waals surface area contributed by atoms with Crippen molar-refractivity contribution in [3.8, 4) is 11.1 Å². The second-order valence-corrected chi connectivity index (χ2v) is 6.94. The molecule has 0 aliphatic rings. The van der Waals surface area contributed by atoms with Crippen molar-refractivity contribution in [1.82, 2.24) is 9.61 Å². The minimum Gasteiger partial charge on any atom is -0.462 e. The number of benzene rings is 1. The van der Waals surface area contributed by atoms with E-state index < -0.39 is 11.9 Å². The van der Waals surface area contributed by atoms with Gasteiger partial charge in [0.2, 0.25) is 5.91 Å². The van der Waals surface area contributed by atoms with Crippen LogP contribution in [0.15, 0.2) is 34.8 Å². The Balaban J connectivity index is 2.36. The number of rotatable bonds is 5. The van der Waals surface area contributed by atoms with E-state index in [4.69, 9.17) is 10.5 Å². The lowest BCUT2D eigenvalue weighted by Crippen LogP contribution is -2.14. The Morgan fingerprint density at radius 2 is 1.96 bits per heavy atom. The molecule has 0 fully saturated rings. The molecule has 0 saturated heterocycles. The zero-order chi connectivity index (χ0) is 19.7. The molecule has 0 unspecified atom stereocenters. The Kier molecular flexibility index (Phi) is 5.32. The predicted octanol–water partition coefficient (Wildman–Crippen LogP) is 3.91. The number of nitrogens with zero attached hydrogens (tertiary/aromatic N) is 2. The van der Waals surface area contributed by atoms with Crippen LogP contribution in [0.1, 0.15) is 46.0 Å². The average molecular weight is 430 g/mol. The third kappa shape index (κ3) is 3.35. The Hall–Kier alpha value is -2.67. The lowest BCUT2D eigenvalue weighted by atomic mass is 9.97. The first-order chi connectivity index (χ1) is 12.9. The number of ether oxygens (including phenoxy) is 1. The SMILES string of the molecule is CCOC(=O)c1c(C)nn2c(CC)ccc2c1-c1ccc(C(N)=O)c(Br)c1. The van der Waals surface area contributed by atoms with Crippen molar-refractivity contribution in [1.29, 1.82) is 0 Å². The molecule has 2 aromatic heterocycles. The largest absolute Gasteiger partial charge is 0.462 e. The van der Waals surface area contributed by atoms with Gasteiger partial charge in [-0.15, -0.1) is 0 Å². The molecular weight excluding hydrogens is 410 g/mol. The Morgan fingerprint density at radius 1 is 1.22 bits per heavy atom. The van der Waals surface area contributed by atoms with Gasteiger partial charge < -0.3 is 10.5 Å². The molecule has 27 heavy (non-hydrogen) atoms. The first-order valence-corrected chi connectivity index (χ1v) is 9.46. The summed E-state index contributed by atoms with van der Waals surface area (Å²) >= 11 is 3.40. The number of nitrogens with two attached hydrogens (primary N) is 1. The monoisotopic (exact) mass is 429 g/mol. The number of aromatic nitrogens is 2. The fraction of sp³-hybridized carbons (Fsp3) is 0.250. The van der Waals surface area contributed by atoms with E-state index in [2.05, 4.69) is 28.0 Å². The van der Waals surface area contributed by atoms with E-state index in [-0.39, 0.29) is 6.61 Å². The van der Waals surface area contributed by atoms with Gasteiger partial charge in [0.05, 0.1) is 28.9 Å². The van der Waals surface area contributed by atoms with Gasteiger partial charge in [-0.3, -0.25) is 4.79 Å². The maximum atomic E-state index is 12.7. The smallest absolute Gasteiger partial charge is 0.340 e. The molecule has 140 valence electrons. The predicted molar refractivity (Wildman–Crippen MR) is 107 cm³/mol. The molecule has 2 N–H and O–H groups in total. The summed E-state index contributed by atoms with van der Waals surface area (Å²) in [5.41, 5.74) is 10.1. The highest BCUT2D eigenvalue weighted by molar-refractivity contribution is 9.10. The molecule has 0 radical (unpaired) electrons. The van der Waals surface area contributed by atoms with E-state index >= 15 is 0 Å². The van der Waals surface area contributed by atoms with E-state index in [9.17, 15) is 9.59 Å². The van der Waals surface area contributed by atoms with E-state index in [0.29, 0.717) is 21.3 Å². The van der Waals surface area contributed by atoms with Gasteiger partial charge in [0.1, 0.15) is 0 Å². The van der Waals surface area contributed by atoms with Gasteiger partial charge in [-0.25, -0.2) is 9.31 Å². The van der Waals surface area contributed by atoms with Crippen molar-refractivity contribution in [3.05, 3.63) is 57.3 Å². The van der Waals surface area contributed by atoms with Crippen LogP contribution in [0, 0.1) is 6.92 Å². The molecule has 1 aromatic carbocycles. The van der Waals surface area contributed by atoms with Crippen LogP contribution in [-0.4, -0.2) is 28.1 Å². The third-order valence-electron chi connectivity index (χ3n) is 4.42. The second-order valence-electron chi connectivity index (χ2n) is 6.09. The van der Waals surface area contributed by atoms with E-state index in [1.165, 1.54) is 0 Å². The molecule has 0 saturated carbocycles. The van der Waals surface area contributed by atoms with Crippen LogP contribution in [0.4, 0.5) is 0 Å². The summed E-state index contributed by atoms with van der Waals surface area (Å²) in [5, 5.41) is 4.59. The van der Waals surface area contributed by atoms with Crippen LogP contribution in [0.5, 0.6) is 0 Å². The summed E-state index contributed by atoms with van der Waals surface area (Å²) in [5.74, 6) is -0.944. The number of primary amides is 1. The fourth-order valence-corrected chi connectivity index (χ4v) is 3.74. The van der Waals surface area contributed by atoms with E-state index in [1.54, 1.807) is 32.0 Å². The number of carbonyl (C=O) groups excluding carboxylic acids is 2. The molecule has 1 amide bonds. The Morgan fingerprint density at radius 3 is 2.56 bits per heavy atom. The van der Waals surface area contributed by atoms with Crippen molar-refractivity contribution in [2.75, 3.05) is 6.61 Å². The van der Waals surface area contributed by atoms with Crippen LogP contribution in [-0.2, 0) is 11.2 Å². The first kappa shape index (κ1) is 19.1. The summed E-state index contributed by atoms with van der Waals surface area (Å²) in [6.07, 6.45) is 0.809. The maximum Gasteiger partial charge on any atom is 0.340 e. The minimum absolute atomic E-state index is 0.272. The molecule has 0 aliphatic heterocycles. The summed E-state index contributed by atoms with van der Waals surface area (Å²) in [6, 6.07) is 9.15. The van der Waals surface area contributed by atoms with E-state index in [0.717, 1.165) is 28.8 Å². The molecule has 7 heteroatoms. The molecule has 3 rings (SSSR count). The lowest BCUT2D eigenvalue weighted by molar-refractivity contribution is 0.0525. The van der Waals surface area contributed by atoms with Crippen LogP contribution in [0.3, 0.4) is 0 Å². The van der Waals surface area contributed by atoms with Gasteiger partial charge in [-0.2, -0.15) is 5.10 Å².